The fourth-order valence-corrected chi connectivity index (χ4v) is 4.20. The summed E-state index contributed by atoms with van der Waals surface area (Å²) in [5, 5.41) is 2.81. The van der Waals surface area contributed by atoms with E-state index >= 15 is 0 Å². The third-order valence-electron chi connectivity index (χ3n) is 4.41. The minimum atomic E-state index is -3.46. The first-order chi connectivity index (χ1) is 11.4. The molecule has 0 aromatic heterocycles. The van der Waals surface area contributed by atoms with Crippen molar-refractivity contribution in [3.63, 3.8) is 0 Å². The van der Waals surface area contributed by atoms with Crippen molar-refractivity contribution in [3.05, 3.63) is 29.8 Å². The average Bonchev–Trinajstić information content (AvgIpc) is 2.59. The van der Waals surface area contributed by atoms with E-state index in [4.69, 9.17) is 5.73 Å². The van der Waals surface area contributed by atoms with Crippen molar-refractivity contribution < 1.29 is 13.2 Å². The quantitative estimate of drug-likeness (QED) is 0.728. The molecule has 0 saturated carbocycles. The van der Waals surface area contributed by atoms with Crippen molar-refractivity contribution in [2.45, 2.75) is 37.5 Å². The molecule has 1 heterocycles. The molecule has 1 fully saturated rings. The SMILES string of the molecule is CC1CCN(S(=O)(=O)c2ccc(C(=O)NCCCCN)cc2)CC1. The lowest BCUT2D eigenvalue weighted by molar-refractivity contribution is 0.0953. The number of nitrogens with one attached hydrogen (secondary N) is 1. The zero-order chi connectivity index (χ0) is 17.6. The predicted molar refractivity (Wildman–Crippen MR) is 94.2 cm³/mol. The van der Waals surface area contributed by atoms with Gasteiger partial charge in [0.05, 0.1) is 4.90 Å². The summed E-state index contributed by atoms with van der Waals surface area (Å²) in [5.74, 6) is 0.379. The van der Waals surface area contributed by atoms with E-state index in [9.17, 15) is 13.2 Å². The van der Waals surface area contributed by atoms with E-state index in [1.54, 1.807) is 12.1 Å². The molecule has 24 heavy (non-hydrogen) atoms. The minimum Gasteiger partial charge on any atom is -0.352 e. The molecule has 0 spiro atoms. The number of hydrogen-bond donors (Lipinski definition) is 2. The van der Waals surface area contributed by atoms with E-state index in [2.05, 4.69) is 12.2 Å². The lowest BCUT2D eigenvalue weighted by atomic mass is 10.0. The zero-order valence-corrected chi connectivity index (χ0v) is 15.0. The summed E-state index contributed by atoms with van der Waals surface area (Å²) in [5.41, 5.74) is 5.88. The molecule has 2 rings (SSSR count). The zero-order valence-electron chi connectivity index (χ0n) is 14.2. The van der Waals surface area contributed by atoms with E-state index in [0.717, 1.165) is 25.7 Å². The molecule has 1 amide bonds. The van der Waals surface area contributed by atoms with Gasteiger partial charge in [-0.05, 0) is 62.4 Å². The topological polar surface area (TPSA) is 92.5 Å². The number of amides is 1. The Balaban J connectivity index is 1.99. The van der Waals surface area contributed by atoms with Gasteiger partial charge in [0.2, 0.25) is 10.0 Å². The molecule has 0 aliphatic carbocycles. The van der Waals surface area contributed by atoms with Crippen LogP contribution in [-0.2, 0) is 10.0 Å². The van der Waals surface area contributed by atoms with Crippen LogP contribution in [0.2, 0.25) is 0 Å². The summed E-state index contributed by atoms with van der Waals surface area (Å²) in [7, 11) is -3.46. The second kappa shape index (κ2) is 8.60. The van der Waals surface area contributed by atoms with Gasteiger partial charge < -0.3 is 11.1 Å². The van der Waals surface area contributed by atoms with E-state index < -0.39 is 10.0 Å². The van der Waals surface area contributed by atoms with Gasteiger partial charge in [0, 0.05) is 25.2 Å². The largest absolute Gasteiger partial charge is 0.352 e. The molecular weight excluding hydrogens is 326 g/mol. The van der Waals surface area contributed by atoms with Crippen LogP contribution in [-0.4, -0.2) is 44.8 Å². The standard InChI is InChI=1S/C17H27N3O3S/c1-14-8-12-20(13-9-14)24(22,23)16-6-4-15(5-7-16)17(21)19-11-3-2-10-18/h4-7,14H,2-3,8-13,18H2,1H3,(H,19,21). The summed E-state index contributed by atoms with van der Waals surface area (Å²) in [6, 6.07) is 6.17. The van der Waals surface area contributed by atoms with Gasteiger partial charge in [-0.3, -0.25) is 4.79 Å². The smallest absolute Gasteiger partial charge is 0.251 e. The maximum atomic E-state index is 12.6. The van der Waals surface area contributed by atoms with Crippen molar-refractivity contribution in [1.29, 1.82) is 0 Å². The molecule has 0 radical (unpaired) electrons. The number of benzene rings is 1. The number of nitrogens with zero attached hydrogens (tertiary/aromatic N) is 1. The first-order valence-electron chi connectivity index (χ1n) is 8.53. The molecule has 1 saturated heterocycles. The van der Waals surface area contributed by atoms with Gasteiger partial charge >= 0.3 is 0 Å². The second-order valence-electron chi connectivity index (χ2n) is 6.36. The number of nitrogens with two attached hydrogens (primary N) is 1. The summed E-state index contributed by atoms with van der Waals surface area (Å²) < 4.78 is 26.8. The van der Waals surface area contributed by atoms with Crippen LogP contribution < -0.4 is 11.1 Å². The van der Waals surface area contributed by atoms with Gasteiger partial charge in [-0.15, -0.1) is 0 Å². The summed E-state index contributed by atoms with van der Waals surface area (Å²) in [6.45, 7) is 4.45. The number of sulfonamides is 1. The molecule has 0 atom stereocenters. The van der Waals surface area contributed by atoms with Crippen molar-refractivity contribution in [3.8, 4) is 0 Å². The maximum Gasteiger partial charge on any atom is 0.251 e. The normalized spacial score (nSPS) is 16.9. The van der Waals surface area contributed by atoms with Gasteiger partial charge in [-0.25, -0.2) is 8.42 Å². The summed E-state index contributed by atoms with van der Waals surface area (Å²) in [6.07, 6.45) is 3.49. The monoisotopic (exact) mass is 353 g/mol. The van der Waals surface area contributed by atoms with E-state index in [1.807, 2.05) is 0 Å². The highest BCUT2D eigenvalue weighted by Gasteiger charge is 2.28. The Bertz CT molecular complexity index is 636. The lowest BCUT2D eigenvalue weighted by Crippen LogP contribution is -2.37. The molecule has 1 aromatic carbocycles. The Morgan fingerprint density at radius 2 is 1.83 bits per heavy atom. The third-order valence-corrected chi connectivity index (χ3v) is 6.33. The van der Waals surface area contributed by atoms with Crippen LogP contribution in [0.3, 0.4) is 0 Å². The first kappa shape index (κ1) is 18.9. The fourth-order valence-electron chi connectivity index (χ4n) is 2.73. The highest BCUT2D eigenvalue weighted by atomic mass is 32.2. The van der Waals surface area contributed by atoms with Crippen molar-refractivity contribution in [2.75, 3.05) is 26.2 Å². The predicted octanol–water partition coefficient (Wildman–Crippen LogP) is 1.58. The van der Waals surface area contributed by atoms with Crippen LogP contribution in [0.1, 0.15) is 43.0 Å². The molecule has 6 nitrogen and oxygen atoms in total. The Morgan fingerprint density at radius 1 is 1.21 bits per heavy atom. The van der Waals surface area contributed by atoms with Gasteiger partial charge in [0.1, 0.15) is 0 Å². The Labute approximate surface area is 144 Å². The number of hydrogen-bond acceptors (Lipinski definition) is 4. The lowest BCUT2D eigenvalue weighted by Gasteiger charge is -2.29. The van der Waals surface area contributed by atoms with Gasteiger partial charge in [0.25, 0.3) is 5.91 Å². The highest BCUT2D eigenvalue weighted by Crippen LogP contribution is 2.23. The first-order valence-corrected chi connectivity index (χ1v) is 9.97. The van der Waals surface area contributed by atoms with Crippen LogP contribution in [0, 0.1) is 5.92 Å². The number of carbonyl (C=O) groups excluding carboxylic acids is 1. The van der Waals surface area contributed by atoms with Crippen LogP contribution >= 0.6 is 0 Å². The molecular formula is C17H27N3O3S. The van der Waals surface area contributed by atoms with E-state index in [1.165, 1.54) is 16.4 Å². The van der Waals surface area contributed by atoms with E-state index in [-0.39, 0.29) is 10.8 Å². The van der Waals surface area contributed by atoms with Crippen LogP contribution in [0.5, 0.6) is 0 Å². The summed E-state index contributed by atoms with van der Waals surface area (Å²) >= 11 is 0. The highest BCUT2D eigenvalue weighted by molar-refractivity contribution is 7.89. The molecule has 1 aliphatic rings. The Hall–Kier alpha value is -1.44. The molecule has 0 bridgehead atoms. The van der Waals surface area contributed by atoms with Crippen LogP contribution in [0.15, 0.2) is 29.2 Å². The van der Waals surface area contributed by atoms with Crippen molar-refractivity contribution in [1.82, 2.24) is 9.62 Å². The average molecular weight is 353 g/mol. The number of unbranched alkanes of at least 4 members (excludes halogenated alkanes) is 1. The Morgan fingerprint density at radius 3 is 2.42 bits per heavy atom. The molecule has 1 aliphatic heterocycles. The number of piperidine rings is 1. The van der Waals surface area contributed by atoms with E-state index in [0.29, 0.717) is 37.7 Å². The third kappa shape index (κ3) is 4.78. The van der Waals surface area contributed by atoms with Gasteiger partial charge in [-0.2, -0.15) is 4.31 Å². The van der Waals surface area contributed by atoms with Gasteiger partial charge in [-0.1, -0.05) is 6.92 Å². The Kier molecular flexibility index (Phi) is 6.77. The molecule has 134 valence electrons. The van der Waals surface area contributed by atoms with Crippen LogP contribution in [0.4, 0.5) is 0 Å². The van der Waals surface area contributed by atoms with Crippen molar-refractivity contribution in [2.24, 2.45) is 11.7 Å². The summed E-state index contributed by atoms with van der Waals surface area (Å²) in [4.78, 5) is 12.3. The fraction of sp³-hybridized carbons (Fsp3) is 0.588. The molecule has 1 aromatic rings. The molecule has 3 N–H and O–H groups in total. The maximum absolute atomic E-state index is 12.6. The van der Waals surface area contributed by atoms with Crippen molar-refractivity contribution >= 4 is 15.9 Å². The van der Waals surface area contributed by atoms with Crippen LogP contribution in [0.25, 0.3) is 0 Å². The minimum absolute atomic E-state index is 0.192. The van der Waals surface area contributed by atoms with Gasteiger partial charge in [0.15, 0.2) is 0 Å². The number of rotatable bonds is 7. The molecule has 0 unspecified atom stereocenters. The number of carbonyl (C=O) groups is 1. The second-order valence-corrected chi connectivity index (χ2v) is 8.30. The molecule has 7 heteroatoms.